The molecule has 5 heteroatoms. The van der Waals surface area contributed by atoms with E-state index in [1.807, 2.05) is 30.3 Å². The number of hydrogen-bond donors (Lipinski definition) is 0. The van der Waals surface area contributed by atoms with Crippen LogP contribution in [0.5, 0.6) is 0 Å². The Morgan fingerprint density at radius 1 is 0.864 bits per heavy atom. The Morgan fingerprint density at radius 2 is 1.68 bits per heavy atom. The second-order valence-corrected chi connectivity index (χ2v) is 4.54. The average molecular weight is 298 g/mol. The lowest BCUT2D eigenvalue weighted by Gasteiger charge is -2.07. The Balaban J connectivity index is 2.02. The average Bonchev–Trinajstić information content (AvgIpc) is 2.52. The summed E-state index contributed by atoms with van der Waals surface area (Å²) in [7, 11) is 0. The van der Waals surface area contributed by atoms with Crippen molar-refractivity contribution in [3.8, 4) is 11.8 Å². The van der Waals surface area contributed by atoms with Crippen LogP contribution >= 0.6 is 0 Å². The number of alkyl halides is 3. The third-order valence-corrected chi connectivity index (χ3v) is 3.02. The summed E-state index contributed by atoms with van der Waals surface area (Å²) < 4.78 is 38.6. The third-order valence-electron chi connectivity index (χ3n) is 3.02. The second-order valence-electron chi connectivity index (χ2n) is 4.54. The van der Waals surface area contributed by atoms with Crippen molar-refractivity contribution in [3.63, 3.8) is 0 Å². The molecule has 2 aromatic heterocycles. The summed E-state index contributed by atoms with van der Waals surface area (Å²) in [6, 6.07) is 13.2. The van der Waals surface area contributed by atoms with Crippen LogP contribution in [0.2, 0.25) is 0 Å². The van der Waals surface area contributed by atoms with Crippen LogP contribution in [0.15, 0.2) is 54.7 Å². The molecule has 108 valence electrons. The molecule has 3 aromatic rings. The molecule has 0 saturated carbocycles. The largest absolute Gasteiger partial charge is 0.419 e. The SMILES string of the molecule is FC(F)(F)c1cccnc1C#Cc1ccc2ccccc2n1. The predicted molar refractivity (Wildman–Crippen MR) is 77.0 cm³/mol. The number of rotatable bonds is 0. The monoisotopic (exact) mass is 298 g/mol. The molecule has 22 heavy (non-hydrogen) atoms. The number of aromatic nitrogens is 2. The lowest BCUT2D eigenvalue weighted by atomic mass is 10.1. The molecule has 1 aromatic carbocycles. The van der Waals surface area contributed by atoms with Crippen LogP contribution in [0, 0.1) is 11.8 Å². The van der Waals surface area contributed by atoms with E-state index in [0.29, 0.717) is 5.69 Å². The highest BCUT2D eigenvalue weighted by atomic mass is 19.4. The second kappa shape index (κ2) is 5.49. The van der Waals surface area contributed by atoms with Crippen LogP contribution in [-0.4, -0.2) is 9.97 Å². The standard InChI is InChI=1S/C17H9F3N2/c18-17(19,20)14-5-3-11-21-16(14)10-9-13-8-7-12-4-1-2-6-15(12)22-13/h1-8,11H. The molecule has 0 saturated heterocycles. The predicted octanol–water partition coefficient (Wildman–Crippen LogP) is 4.05. The van der Waals surface area contributed by atoms with E-state index >= 15 is 0 Å². The van der Waals surface area contributed by atoms with Gasteiger partial charge in [0.2, 0.25) is 0 Å². The summed E-state index contributed by atoms with van der Waals surface area (Å²) in [4.78, 5) is 8.00. The molecule has 0 N–H and O–H groups in total. The van der Waals surface area contributed by atoms with Gasteiger partial charge in [0.05, 0.1) is 11.1 Å². The molecule has 0 atom stereocenters. The zero-order chi connectivity index (χ0) is 15.6. The fraction of sp³-hybridized carbons (Fsp3) is 0.0588. The van der Waals surface area contributed by atoms with Crippen molar-refractivity contribution in [2.24, 2.45) is 0 Å². The summed E-state index contributed by atoms with van der Waals surface area (Å²) >= 11 is 0. The zero-order valence-electron chi connectivity index (χ0n) is 11.2. The summed E-state index contributed by atoms with van der Waals surface area (Å²) in [6.07, 6.45) is -3.19. The lowest BCUT2D eigenvalue weighted by molar-refractivity contribution is -0.138. The maximum atomic E-state index is 12.9. The van der Waals surface area contributed by atoms with E-state index in [9.17, 15) is 13.2 Å². The van der Waals surface area contributed by atoms with Crippen LogP contribution in [0.3, 0.4) is 0 Å². The van der Waals surface area contributed by atoms with E-state index in [2.05, 4.69) is 21.8 Å². The summed E-state index contributed by atoms with van der Waals surface area (Å²) in [5.74, 6) is 5.10. The van der Waals surface area contributed by atoms with E-state index in [0.717, 1.165) is 17.0 Å². The van der Waals surface area contributed by atoms with Gasteiger partial charge >= 0.3 is 6.18 Å². The number of para-hydroxylation sites is 1. The molecular weight excluding hydrogens is 289 g/mol. The topological polar surface area (TPSA) is 25.8 Å². The number of halogens is 3. The Morgan fingerprint density at radius 3 is 2.50 bits per heavy atom. The summed E-state index contributed by atoms with van der Waals surface area (Å²) in [5.41, 5.74) is -0.00269. The molecule has 0 aliphatic heterocycles. The van der Waals surface area contributed by atoms with Gasteiger partial charge in [-0.3, -0.25) is 0 Å². The van der Waals surface area contributed by atoms with Crippen LogP contribution in [0.25, 0.3) is 10.9 Å². The fourth-order valence-electron chi connectivity index (χ4n) is 1.99. The van der Waals surface area contributed by atoms with Gasteiger partial charge in [-0.2, -0.15) is 13.2 Å². The van der Waals surface area contributed by atoms with Crippen LogP contribution in [-0.2, 0) is 6.18 Å². The number of hydrogen-bond acceptors (Lipinski definition) is 2. The Hall–Kier alpha value is -2.87. The van der Waals surface area contributed by atoms with Crippen molar-refractivity contribution in [2.75, 3.05) is 0 Å². The highest BCUT2D eigenvalue weighted by Gasteiger charge is 2.33. The van der Waals surface area contributed by atoms with E-state index in [1.165, 1.54) is 12.3 Å². The molecule has 2 nitrogen and oxygen atoms in total. The molecule has 0 spiro atoms. The maximum Gasteiger partial charge on any atom is 0.419 e. The molecule has 2 heterocycles. The van der Waals surface area contributed by atoms with Crippen molar-refractivity contribution in [2.45, 2.75) is 6.18 Å². The highest BCUT2D eigenvalue weighted by molar-refractivity contribution is 5.78. The van der Waals surface area contributed by atoms with Crippen molar-refractivity contribution < 1.29 is 13.2 Å². The van der Waals surface area contributed by atoms with Crippen LogP contribution < -0.4 is 0 Å². The first-order valence-electron chi connectivity index (χ1n) is 6.44. The molecular formula is C17H9F3N2. The van der Waals surface area contributed by atoms with Crippen molar-refractivity contribution in [1.82, 2.24) is 9.97 Å². The Bertz CT molecular complexity index is 889. The van der Waals surface area contributed by atoms with Crippen LogP contribution in [0.4, 0.5) is 13.2 Å². The molecule has 0 amide bonds. The molecule has 0 bridgehead atoms. The zero-order valence-corrected chi connectivity index (χ0v) is 11.2. The number of pyridine rings is 2. The van der Waals surface area contributed by atoms with Crippen molar-refractivity contribution in [3.05, 3.63) is 71.7 Å². The highest BCUT2D eigenvalue weighted by Crippen LogP contribution is 2.30. The lowest BCUT2D eigenvalue weighted by Crippen LogP contribution is -2.08. The van der Waals surface area contributed by atoms with Gasteiger partial charge in [0.25, 0.3) is 0 Å². The van der Waals surface area contributed by atoms with E-state index in [4.69, 9.17) is 0 Å². The summed E-state index contributed by atoms with van der Waals surface area (Å²) in [6.45, 7) is 0. The first-order valence-corrected chi connectivity index (χ1v) is 6.44. The van der Waals surface area contributed by atoms with E-state index < -0.39 is 11.7 Å². The quantitative estimate of drug-likeness (QED) is 0.585. The maximum absolute atomic E-state index is 12.9. The first kappa shape index (κ1) is 14.1. The molecule has 0 aliphatic carbocycles. The van der Waals surface area contributed by atoms with Gasteiger partial charge < -0.3 is 0 Å². The van der Waals surface area contributed by atoms with E-state index in [-0.39, 0.29) is 5.69 Å². The Labute approximate surface area is 124 Å². The molecule has 0 unspecified atom stereocenters. The molecule has 3 rings (SSSR count). The normalized spacial score (nSPS) is 11.0. The minimum absolute atomic E-state index is 0.301. The molecule has 0 aliphatic rings. The minimum atomic E-state index is -4.48. The van der Waals surface area contributed by atoms with Gasteiger partial charge in [0.1, 0.15) is 11.4 Å². The summed E-state index contributed by atoms with van der Waals surface area (Å²) in [5, 5.41) is 0.946. The van der Waals surface area contributed by atoms with Crippen LogP contribution in [0.1, 0.15) is 17.0 Å². The van der Waals surface area contributed by atoms with Gasteiger partial charge in [-0.1, -0.05) is 24.3 Å². The minimum Gasteiger partial charge on any atom is -0.247 e. The van der Waals surface area contributed by atoms with Gasteiger partial charge in [-0.15, -0.1) is 0 Å². The smallest absolute Gasteiger partial charge is 0.247 e. The van der Waals surface area contributed by atoms with Gasteiger partial charge in [-0.25, -0.2) is 9.97 Å². The number of nitrogens with zero attached hydrogens (tertiary/aromatic N) is 2. The Kier molecular flexibility index (Phi) is 3.51. The third kappa shape index (κ3) is 2.91. The molecule has 0 fully saturated rings. The van der Waals surface area contributed by atoms with Crippen molar-refractivity contribution >= 4 is 10.9 Å². The fourth-order valence-corrected chi connectivity index (χ4v) is 1.99. The number of benzene rings is 1. The van der Waals surface area contributed by atoms with E-state index in [1.54, 1.807) is 6.07 Å². The van der Waals surface area contributed by atoms with Gasteiger partial charge in [0, 0.05) is 11.6 Å². The van der Waals surface area contributed by atoms with Gasteiger partial charge in [-0.05, 0) is 36.1 Å². The molecule has 0 radical (unpaired) electrons. The number of fused-ring (bicyclic) bond motifs is 1. The van der Waals surface area contributed by atoms with Gasteiger partial charge in [0.15, 0.2) is 0 Å². The first-order chi connectivity index (χ1) is 10.5. The van der Waals surface area contributed by atoms with Crippen molar-refractivity contribution in [1.29, 1.82) is 0 Å².